The van der Waals surface area contributed by atoms with Crippen LogP contribution in [0.15, 0.2) is 0 Å². The van der Waals surface area contributed by atoms with E-state index in [2.05, 4.69) is 15.9 Å². The molecule has 0 aromatic heterocycles. The largest absolute Gasteiger partial charge is 0.640 e. The summed E-state index contributed by atoms with van der Waals surface area (Å²) in [6, 6.07) is 0. The molecule has 1 rings (SSSR count). The van der Waals surface area contributed by atoms with Crippen molar-refractivity contribution < 1.29 is 18.9 Å². The van der Waals surface area contributed by atoms with Crippen molar-refractivity contribution in [3.63, 3.8) is 0 Å². The van der Waals surface area contributed by atoms with Crippen LogP contribution in [0.3, 0.4) is 0 Å². The van der Waals surface area contributed by atoms with Gasteiger partial charge in [-0.15, -0.1) is 0 Å². The fourth-order valence-electron chi connectivity index (χ4n) is 0.954. The van der Waals surface area contributed by atoms with Gasteiger partial charge in [-0.05, 0) is 5.92 Å². The quantitative estimate of drug-likeness (QED) is 0.253. The number of nitrogens with zero attached hydrogens (tertiary/aromatic N) is 1. The van der Waals surface area contributed by atoms with Gasteiger partial charge in [0.1, 0.15) is 13.2 Å². The second-order valence-electron chi connectivity index (χ2n) is 3.81. The molecule has 1 heterocycles. The van der Waals surface area contributed by atoms with E-state index in [1.54, 1.807) is 0 Å². The van der Waals surface area contributed by atoms with E-state index in [1.165, 1.54) is 0 Å². The molecule has 0 aromatic rings. The monoisotopic (exact) mass is 281 g/mol. The van der Waals surface area contributed by atoms with Crippen LogP contribution in [-0.2, 0) is 14.0 Å². The molecule has 1 fully saturated rings. The Morgan fingerprint density at radius 2 is 2.13 bits per heavy atom. The summed E-state index contributed by atoms with van der Waals surface area (Å²) >= 11 is 2.96. The van der Waals surface area contributed by atoms with Crippen molar-refractivity contribution in [2.45, 2.75) is 18.3 Å². The fraction of sp³-hybridized carbons (Fsp3) is 1.00. The van der Waals surface area contributed by atoms with Gasteiger partial charge in [-0.25, -0.2) is 0 Å². The zero-order chi connectivity index (χ0) is 11.5. The van der Waals surface area contributed by atoms with Crippen molar-refractivity contribution in [2.75, 3.05) is 19.8 Å². The lowest BCUT2D eigenvalue weighted by Crippen LogP contribution is -2.51. The fourth-order valence-corrected chi connectivity index (χ4v) is 1.22. The molecule has 0 bridgehead atoms. The molecule has 0 aromatic carbocycles. The number of rotatable bonds is 4. The Kier molecular flexibility index (Phi) is 4.51. The lowest BCUT2D eigenvalue weighted by molar-refractivity contribution is -0.544. The van der Waals surface area contributed by atoms with Crippen LogP contribution in [0.25, 0.3) is 0 Å². The molecule has 0 N–H and O–H groups in total. The minimum Gasteiger partial charge on any atom is -0.386 e. The van der Waals surface area contributed by atoms with Crippen molar-refractivity contribution in [1.29, 1.82) is 0 Å². The van der Waals surface area contributed by atoms with Crippen LogP contribution in [0.1, 0.15) is 13.8 Å². The first-order chi connectivity index (χ1) is 6.94. The molecule has 1 aliphatic rings. The molecule has 1 saturated heterocycles. The SMILES string of the molecule is CC(C)COB1OCC(Br)([N+](=O)[O-])CO1. The summed E-state index contributed by atoms with van der Waals surface area (Å²) in [5.41, 5.74) is 0. The number of alkyl halides is 1. The maximum absolute atomic E-state index is 10.6. The van der Waals surface area contributed by atoms with Crippen LogP contribution in [0, 0.1) is 16.0 Å². The van der Waals surface area contributed by atoms with E-state index in [9.17, 15) is 10.1 Å². The smallest absolute Gasteiger partial charge is 0.386 e. The third-order valence-electron chi connectivity index (χ3n) is 1.77. The third kappa shape index (κ3) is 3.71. The van der Waals surface area contributed by atoms with Crippen LogP contribution >= 0.6 is 15.9 Å². The first-order valence-electron chi connectivity index (χ1n) is 4.62. The molecular weight excluding hydrogens is 269 g/mol. The van der Waals surface area contributed by atoms with E-state index in [0.717, 1.165) is 0 Å². The zero-order valence-corrected chi connectivity index (χ0v) is 10.2. The van der Waals surface area contributed by atoms with Gasteiger partial charge in [0, 0.05) is 27.5 Å². The Morgan fingerprint density at radius 3 is 2.53 bits per heavy atom. The molecule has 0 radical (unpaired) electrons. The minimum atomic E-state index is -1.34. The average Bonchev–Trinajstić information content (AvgIpc) is 2.16. The summed E-state index contributed by atoms with van der Waals surface area (Å²) in [6.45, 7) is 4.35. The van der Waals surface area contributed by atoms with Crippen molar-refractivity contribution >= 4 is 23.3 Å². The Labute approximate surface area is 96.7 Å². The van der Waals surface area contributed by atoms with E-state index >= 15 is 0 Å². The van der Waals surface area contributed by atoms with Gasteiger partial charge < -0.3 is 14.0 Å². The summed E-state index contributed by atoms with van der Waals surface area (Å²) < 4.78 is 14.0. The molecular formula is C7H13BBrNO5. The van der Waals surface area contributed by atoms with Crippen LogP contribution in [0.5, 0.6) is 0 Å². The molecule has 1 aliphatic heterocycles. The maximum Gasteiger partial charge on any atom is 0.640 e. The normalized spacial score (nSPS) is 20.7. The molecule has 0 atom stereocenters. The van der Waals surface area contributed by atoms with Crippen LogP contribution in [-0.4, -0.2) is 36.5 Å². The van der Waals surface area contributed by atoms with Crippen molar-refractivity contribution in [3.05, 3.63) is 10.1 Å². The minimum absolute atomic E-state index is 0.0667. The first-order valence-corrected chi connectivity index (χ1v) is 5.41. The first kappa shape index (κ1) is 12.9. The molecule has 15 heavy (non-hydrogen) atoms. The van der Waals surface area contributed by atoms with Crippen LogP contribution < -0.4 is 0 Å². The van der Waals surface area contributed by atoms with Crippen molar-refractivity contribution in [1.82, 2.24) is 0 Å². The third-order valence-corrected chi connectivity index (χ3v) is 2.52. The predicted octanol–water partition coefficient (Wildman–Crippen LogP) is 1.06. The van der Waals surface area contributed by atoms with Gasteiger partial charge >= 0.3 is 11.8 Å². The number of hydrogen-bond acceptors (Lipinski definition) is 5. The summed E-state index contributed by atoms with van der Waals surface area (Å²) in [5.74, 6) is 0.364. The molecule has 0 amide bonds. The van der Waals surface area contributed by atoms with Gasteiger partial charge in [-0.1, -0.05) is 13.8 Å². The van der Waals surface area contributed by atoms with Crippen LogP contribution in [0.4, 0.5) is 0 Å². The Balaban J connectivity index is 2.32. The second kappa shape index (κ2) is 5.24. The Hall–Kier alpha value is -0.175. The van der Waals surface area contributed by atoms with Gasteiger partial charge in [-0.2, -0.15) is 0 Å². The molecule has 0 saturated carbocycles. The van der Waals surface area contributed by atoms with Gasteiger partial charge in [0.15, 0.2) is 0 Å². The predicted molar refractivity (Wildman–Crippen MR) is 57.1 cm³/mol. The highest BCUT2D eigenvalue weighted by Gasteiger charge is 2.48. The van der Waals surface area contributed by atoms with Gasteiger partial charge in [0.25, 0.3) is 0 Å². The Morgan fingerprint density at radius 1 is 1.60 bits per heavy atom. The molecule has 0 spiro atoms. The summed E-state index contributed by atoms with van der Waals surface area (Å²) in [4.78, 5) is 10.1. The van der Waals surface area contributed by atoms with E-state index in [0.29, 0.717) is 12.5 Å². The number of nitro groups is 1. The second-order valence-corrected chi connectivity index (χ2v) is 5.29. The highest BCUT2D eigenvalue weighted by molar-refractivity contribution is 9.10. The Bertz CT molecular complexity index is 231. The molecule has 86 valence electrons. The summed E-state index contributed by atoms with van der Waals surface area (Å²) in [7, 11) is -0.793. The molecule has 6 nitrogen and oxygen atoms in total. The lowest BCUT2D eigenvalue weighted by Gasteiger charge is -2.27. The van der Waals surface area contributed by atoms with E-state index in [-0.39, 0.29) is 13.2 Å². The van der Waals surface area contributed by atoms with Gasteiger partial charge in [-0.3, -0.25) is 10.1 Å². The highest BCUT2D eigenvalue weighted by atomic mass is 79.9. The van der Waals surface area contributed by atoms with Crippen molar-refractivity contribution in [3.8, 4) is 0 Å². The van der Waals surface area contributed by atoms with E-state index < -0.39 is 16.7 Å². The summed E-state index contributed by atoms with van der Waals surface area (Å²) in [5, 5.41) is 10.6. The maximum atomic E-state index is 10.6. The highest BCUT2D eigenvalue weighted by Crippen LogP contribution is 2.24. The molecule has 0 aliphatic carbocycles. The summed E-state index contributed by atoms with van der Waals surface area (Å²) in [6.07, 6.45) is 0. The molecule has 0 unspecified atom stereocenters. The lowest BCUT2D eigenvalue weighted by atomic mass is 10.1. The van der Waals surface area contributed by atoms with E-state index in [1.807, 2.05) is 13.8 Å². The van der Waals surface area contributed by atoms with Gasteiger partial charge in [0.05, 0.1) is 0 Å². The van der Waals surface area contributed by atoms with E-state index in [4.69, 9.17) is 14.0 Å². The molecule has 8 heteroatoms. The number of halogens is 1. The standard InChI is InChI=1S/C7H13BBrNO5/c1-6(2)3-13-8-14-4-7(9,5-15-8)10(11)12/h6H,3-5H2,1-2H3. The number of hydrogen-bond donors (Lipinski definition) is 0. The van der Waals surface area contributed by atoms with Crippen LogP contribution in [0.2, 0.25) is 0 Å². The van der Waals surface area contributed by atoms with Crippen molar-refractivity contribution in [2.24, 2.45) is 5.92 Å². The average molecular weight is 282 g/mol. The zero-order valence-electron chi connectivity index (χ0n) is 8.64. The topological polar surface area (TPSA) is 70.8 Å². The van der Waals surface area contributed by atoms with Gasteiger partial charge in [0.2, 0.25) is 0 Å².